The number of hydrogen-bond donors (Lipinski definition) is 2. The van der Waals surface area contributed by atoms with Crippen LogP contribution in [0.2, 0.25) is 0 Å². The van der Waals surface area contributed by atoms with E-state index in [-0.39, 0.29) is 17.5 Å². The Morgan fingerprint density at radius 3 is 2.56 bits per heavy atom. The van der Waals surface area contributed by atoms with E-state index in [0.717, 1.165) is 24.4 Å². The number of rotatable bonds is 8. The highest BCUT2D eigenvalue weighted by Gasteiger charge is 2.46. The molecule has 0 fully saturated rings. The number of alkyl halides is 3. The highest BCUT2D eigenvalue weighted by molar-refractivity contribution is 6.05. The van der Waals surface area contributed by atoms with Crippen LogP contribution in [0.25, 0.3) is 0 Å². The largest absolute Gasteiger partial charge is 0.573 e. The van der Waals surface area contributed by atoms with Gasteiger partial charge in [0.2, 0.25) is 5.91 Å². The Bertz CT molecular complexity index is 1170. The summed E-state index contributed by atoms with van der Waals surface area (Å²) in [5, 5.41) is 10.5. The zero-order chi connectivity index (χ0) is 26.6. The molecular formula is C25H26F4N4O3. The van der Waals surface area contributed by atoms with Gasteiger partial charge in [0.05, 0.1) is 17.9 Å². The molecule has 2 aromatic rings. The summed E-state index contributed by atoms with van der Waals surface area (Å²) in [4.78, 5) is 32.6. The minimum absolute atomic E-state index is 0.0366. The van der Waals surface area contributed by atoms with Crippen LogP contribution in [0.1, 0.15) is 35.7 Å². The second kappa shape index (κ2) is 10.9. The van der Waals surface area contributed by atoms with Gasteiger partial charge >= 0.3 is 6.36 Å². The molecule has 3 unspecified atom stereocenters. The van der Waals surface area contributed by atoms with Crippen molar-refractivity contribution in [1.29, 1.82) is 5.41 Å². The average molecular weight is 507 g/mol. The van der Waals surface area contributed by atoms with Crippen LogP contribution in [0.4, 0.5) is 23.2 Å². The number of fused-ring (bicyclic) bond motifs is 1. The predicted octanol–water partition coefficient (Wildman–Crippen LogP) is 4.89. The summed E-state index contributed by atoms with van der Waals surface area (Å²) in [5.74, 6) is -4.97. The van der Waals surface area contributed by atoms with E-state index >= 15 is 0 Å². The molecule has 1 aliphatic heterocycles. The van der Waals surface area contributed by atoms with Gasteiger partial charge in [0.15, 0.2) is 11.6 Å². The smallest absolute Gasteiger partial charge is 0.403 e. The van der Waals surface area contributed by atoms with Gasteiger partial charge in [0, 0.05) is 43.3 Å². The minimum Gasteiger partial charge on any atom is -0.403 e. The van der Waals surface area contributed by atoms with Crippen molar-refractivity contribution in [3.8, 4) is 5.75 Å². The van der Waals surface area contributed by atoms with Gasteiger partial charge in [-0.25, -0.2) is 4.39 Å². The third-order valence-electron chi connectivity index (χ3n) is 5.67. The Hall–Kier alpha value is -3.76. The summed E-state index contributed by atoms with van der Waals surface area (Å²) in [6.07, 6.45) is -2.55. The fourth-order valence-electron chi connectivity index (χ4n) is 4.35. The lowest BCUT2D eigenvalue weighted by Gasteiger charge is -2.44. The van der Waals surface area contributed by atoms with Gasteiger partial charge in [-0.15, -0.1) is 13.2 Å². The number of halogens is 4. The van der Waals surface area contributed by atoms with Crippen LogP contribution in [0.15, 0.2) is 47.5 Å². The maximum atomic E-state index is 13.9. The highest BCUT2D eigenvalue weighted by atomic mass is 19.4. The first-order valence-electron chi connectivity index (χ1n) is 11.2. The number of hydrogen-bond acceptors (Lipinski definition) is 5. The topological polar surface area (TPSA) is 94.9 Å². The fourth-order valence-corrected chi connectivity index (χ4v) is 4.35. The van der Waals surface area contributed by atoms with Crippen molar-refractivity contribution < 1.29 is 31.9 Å². The molecular weight excluding hydrogens is 480 g/mol. The summed E-state index contributed by atoms with van der Waals surface area (Å²) in [6.45, 7) is 4.12. The molecule has 2 aromatic carbocycles. The molecule has 2 amide bonds. The maximum absolute atomic E-state index is 13.9. The van der Waals surface area contributed by atoms with Gasteiger partial charge in [-0.3, -0.25) is 9.59 Å². The third-order valence-corrected chi connectivity index (χ3v) is 5.67. The van der Waals surface area contributed by atoms with Gasteiger partial charge in [-0.05, 0) is 29.7 Å². The first-order valence-corrected chi connectivity index (χ1v) is 11.2. The summed E-state index contributed by atoms with van der Waals surface area (Å²) in [5.41, 5.74) is 0.599. The second-order valence-electron chi connectivity index (χ2n) is 8.74. The van der Waals surface area contributed by atoms with Gasteiger partial charge in [0.1, 0.15) is 0 Å². The summed E-state index contributed by atoms with van der Waals surface area (Å²) < 4.78 is 55.6. The van der Waals surface area contributed by atoms with Crippen molar-refractivity contribution >= 4 is 29.9 Å². The molecule has 0 saturated heterocycles. The molecule has 0 radical (unpaired) electrons. The number of anilines is 1. The second-order valence-corrected chi connectivity index (χ2v) is 8.74. The molecule has 0 spiro atoms. The van der Waals surface area contributed by atoms with E-state index in [9.17, 15) is 27.2 Å². The zero-order valence-electron chi connectivity index (χ0n) is 19.8. The number of carbonyl (C=O) groups excluding carboxylic acids is 2. The number of ether oxygens (including phenoxy) is 1. The average Bonchev–Trinajstić information content (AvgIpc) is 2.80. The van der Waals surface area contributed by atoms with E-state index in [1.165, 1.54) is 18.2 Å². The predicted molar refractivity (Wildman–Crippen MR) is 127 cm³/mol. The molecule has 0 saturated carbocycles. The van der Waals surface area contributed by atoms with Crippen molar-refractivity contribution in [3.63, 3.8) is 0 Å². The number of nitrogens with one attached hydrogen (secondary N) is 2. The molecule has 0 aromatic heterocycles. The number of carbonyl (C=O) groups is 2. The molecule has 1 aliphatic rings. The lowest BCUT2D eigenvalue weighted by Crippen LogP contribution is -2.56. The first-order chi connectivity index (χ1) is 17.0. The summed E-state index contributed by atoms with van der Waals surface area (Å²) >= 11 is 0. The quantitative estimate of drug-likeness (QED) is 0.394. The van der Waals surface area contributed by atoms with Crippen LogP contribution in [-0.2, 0) is 4.79 Å². The monoisotopic (exact) mass is 506 g/mol. The number of benzene rings is 2. The Balaban J connectivity index is 2.09. The Labute approximate surface area is 205 Å². The van der Waals surface area contributed by atoms with Crippen molar-refractivity contribution in [3.05, 3.63) is 59.4 Å². The van der Waals surface area contributed by atoms with Gasteiger partial charge in [-0.2, -0.15) is 0 Å². The summed E-state index contributed by atoms with van der Waals surface area (Å²) in [7, 11) is 1.51. The molecule has 11 heteroatoms. The molecule has 36 heavy (non-hydrogen) atoms. The zero-order valence-corrected chi connectivity index (χ0v) is 19.8. The summed E-state index contributed by atoms with van der Waals surface area (Å²) in [6, 6.07) is 8.34. The van der Waals surface area contributed by atoms with Crippen molar-refractivity contribution in [2.45, 2.75) is 32.2 Å². The lowest BCUT2D eigenvalue weighted by atomic mass is 9.76. The Kier molecular flexibility index (Phi) is 8.11. The minimum atomic E-state index is -5.12. The van der Waals surface area contributed by atoms with E-state index in [0.29, 0.717) is 17.7 Å². The molecule has 2 N–H and O–H groups in total. The third kappa shape index (κ3) is 5.89. The number of aliphatic imine (C=N–C) groups is 1. The van der Waals surface area contributed by atoms with Gasteiger partial charge < -0.3 is 25.4 Å². The van der Waals surface area contributed by atoms with Crippen molar-refractivity contribution in [1.82, 2.24) is 4.90 Å². The highest BCUT2D eigenvalue weighted by Crippen LogP contribution is 2.38. The van der Waals surface area contributed by atoms with E-state index in [1.807, 2.05) is 13.8 Å². The van der Waals surface area contributed by atoms with Crippen LogP contribution in [0.3, 0.4) is 0 Å². The molecule has 0 bridgehead atoms. The number of nitrogens with zero attached hydrogens (tertiary/aromatic N) is 2. The molecule has 3 rings (SSSR count). The van der Waals surface area contributed by atoms with Gasteiger partial charge in [0.25, 0.3) is 5.91 Å². The first kappa shape index (κ1) is 26.8. The molecule has 3 atom stereocenters. The van der Waals surface area contributed by atoms with Gasteiger partial charge in [-0.1, -0.05) is 32.0 Å². The fraction of sp³-hybridized carbons (Fsp3) is 0.360. The van der Waals surface area contributed by atoms with E-state index in [2.05, 4.69) is 15.0 Å². The van der Waals surface area contributed by atoms with Crippen LogP contribution >= 0.6 is 0 Å². The van der Waals surface area contributed by atoms with Crippen LogP contribution in [-0.4, -0.2) is 55.1 Å². The van der Waals surface area contributed by atoms with Crippen molar-refractivity contribution in [2.75, 3.05) is 18.9 Å². The molecule has 7 nitrogen and oxygen atoms in total. The SMILES string of the molecule is CN=CC(C=N)C1C(C(=O)Nc2ccc(F)c(OC(F)(F)F)c2)c2ccccc2C(=O)N1CC(C)C. The normalized spacial score (nSPS) is 18.8. The standard InChI is InChI=1S/C25H26F4N4O3/c1-14(2)13-33-22(15(11-30)12-31-3)21(17-6-4-5-7-18(17)24(33)35)23(34)32-16-8-9-19(26)20(10-16)36-25(27,28)29/h4-12,14-15,21-22,30H,13H2,1-3H3,(H,32,34). The van der Waals surface area contributed by atoms with Crippen LogP contribution < -0.4 is 10.1 Å². The molecule has 0 aliphatic carbocycles. The molecule has 192 valence electrons. The van der Waals surface area contributed by atoms with Crippen LogP contribution in [0.5, 0.6) is 5.75 Å². The maximum Gasteiger partial charge on any atom is 0.573 e. The van der Waals surface area contributed by atoms with Crippen molar-refractivity contribution in [2.24, 2.45) is 16.8 Å². The van der Waals surface area contributed by atoms with E-state index in [1.54, 1.807) is 24.3 Å². The Morgan fingerprint density at radius 1 is 1.25 bits per heavy atom. The molecule has 1 heterocycles. The van der Waals surface area contributed by atoms with E-state index in [4.69, 9.17) is 5.41 Å². The Morgan fingerprint density at radius 2 is 1.94 bits per heavy atom. The van der Waals surface area contributed by atoms with Crippen LogP contribution in [0, 0.1) is 23.1 Å². The lowest BCUT2D eigenvalue weighted by molar-refractivity contribution is -0.275. The number of amides is 2. The van der Waals surface area contributed by atoms with E-state index < -0.39 is 41.7 Å².